The highest BCUT2D eigenvalue weighted by Crippen LogP contribution is 2.70. The lowest BCUT2D eigenvalue weighted by atomic mass is 9.67. The van der Waals surface area contributed by atoms with Gasteiger partial charge in [0.05, 0.1) is 0 Å². The van der Waals surface area contributed by atoms with Gasteiger partial charge < -0.3 is 5.73 Å². The molecule has 42 valence electrons. The molecule has 3 aliphatic carbocycles. The Balaban J connectivity index is 2.13. The van der Waals surface area contributed by atoms with Crippen molar-refractivity contribution in [1.82, 2.24) is 0 Å². The molecule has 0 aromatic carbocycles. The summed E-state index contributed by atoms with van der Waals surface area (Å²) in [4.78, 5) is 0. The van der Waals surface area contributed by atoms with Crippen LogP contribution in [0.4, 0.5) is 0 Å². The van der Waals surface area contributed by atoms with E-state index in [1.54, 1.807) is 5.57 Å². The minimum Gasteiger partial charge on any atom is -0.402 e. The Labute approximate surface area is 48.6 Å². The van der Waals surface area contributed by atoms with Gasteiger partial charge in [-0.25, -0.2) is 0 Å². The van der Waals surface area contributed by atoms with Crippen LogP contribution in [0.15, 0.2) is 11.3 Å². The van der Waals surface area contributed by atoms with Crippen molar-refractivity contribution < 1.29 is 0 Å². The summed E-state index contributed by atoms with van der Waals surface area (Å²) in [6.45, 7) is 0. The van der Waals surface area contributed by atoms with Gasteiger partial charge in [0.2, 0.25) is 0 Å². The van der Waals surface area contributed by atoms with Crippen LogP contribution in [-0.2, 0) is 0 Å². The normalized spacial score (nSPS) is 55.8. The van der Waals surface area contributed by atoms with Crippen LogP contribution in [0.5, 0.6) is 0 Å². The number of allylic oxidation sites excluding steroid dienone is 2. The van der Waals surface area contributed by atoms with E-state index in [1.807, 2.05) is 0 Å². The smallest absolute Gasteiger partial charge is 0.00845 e. The highest BCUT2D eigenvalue weighted by atomic mass is 14.8. The molecule has 0 aromatic heterocycles. The maximum absolute atomic E-state index is 5.66. The van der Waals surface area contributed by atoms with Crippen LogP contribution in [0, 0.1) is 17.8 Å². The number of fused-ring (bicyclic) bond motifs is 4. The summed E-state index contributed by atoms with van der Waals surface area (Å²) in [5.74, 6) is 3.09. The standard InChI is InChI=1S/C7H9N/c8-6-2-5-3-1-4(3)7(5)6/h3-5H,1-2,8H2. The van der Waals surface area contributed by atoms with Gasteiger partial charge in [0, 0.05) is 5.70 Å². The van der Waals surface area contributed by atoms with E-state index in [0.29, 0.717) is 0 Å². The van der Waals surface area contributed by atoms with Crippen LogP contribution in [0.2, 0.25) is 0 Å². The summed E-state index contributed by atoms with van der Waals surface area (Å²) < 4.78 is 0. The summed E-state index contributed by atoms with van der Waals surface area (Å²) in [5.41, 5.74) is 8.54. The molecule has 3 atom stereocenters. The third-order valence-electron chi connectivity index (χ3n) is 2.97. The molecule has 2 fully saturated rings. The number of hydrogen-bond donors (Lipinski definition) is 1. The van der Waals surface area contributed by atoms with Crippen molar-refractivity contribution >= 4 is 0 Å². The lowest BCUT2D eigenvalue weighted by molar-refractivity contribution is 0.343. The predicted molar refractivity (Wildman–Crippen MR) is 30.9 cm³/mol. The Morgan fingerprint density at radius 3 is 2.75 bits per heavy atom. The first-order valence-electron chi connectivity index (χ1n) is 3.36. The molecular weight excluding hydrogens is 98.1 g/mol. The number of hydrogen-bond acceptors (Lipinski definition) is 1. The maximum Gasteiger partial charge on any atom is 0.00845 e. The highest BCUT2D eigenvalue weighted by molar-refractivity contribution is 5.43. The van der Waals surface area contributed by atoms with E-state index in [0.717, 1.165) is 17.8 Å². The van der Waals surface area contributed by atoms with Gasteiger partial charge >= 0.3 is 0 Å². The van der Waals surface area contributed by atoms with E-state index in [4.69, 9.17) is 5.73 Å². The molecule has 1 nitrogen and oxygen atoms in total. The Morgan fingerprint density at radius 2 is 2.25 bits per heavy atom. The second kappa shape index (κ2) is 0.734. The minimum atomic E-state index is 0.986. The Morgan fingerprint density at radius 1 is 1.38 bits per heavy atom. The summed E-state index contributed by atoms with van der Waals surface area (Å²) in [6.07, 6.45) is 2.71. The predicted octanol–water partition coefficient (Wildman–Crippen LogP) is 0.869. The van der Waals surface area contributed by atoms with Crippen LogP contribution in [0.25, 0.3) is 0 Å². The molecule has 1 heteroatoms. The first-order valence-corrected chi connectivity index (χ1v) is 3.36. The van der Waals surface area contributed by atoms with E-state index in [1.165, 1.54) is 18.5 Å². The van der Waals surface area contributed by atoms with Gasteiger partial charge in [0.15, 0.2) is 0 Å². The second-order valence-corrected chi connectivity index (χ2v) is 3.30. The van der Waals surface area contributed by atoms with E-state index < -0.39 is 0 Å². The molecule has 3 rings (SSSR count). The molecule has 3 aliphatic rings. The molecule has 0 heterocycles. The van der Waals surface area contributed by atoms with Gasteiger partial charge in [-0.05, 0) is 36.2 Å². The zero-order valence-corrected chi connectivity index (χ0v) is 4.72. The fourth-order valence-corrected chi connectivity index (χ4v) is 2.37. The highest BCUT2D eigenvalue weighted by Gasteiger charge is 2.62. The zero-order valence-electron chi connectivity index (χ0n) is 4.72. The maximum atomic E-state index is 5.66. The van der Waals surface area contributed by atoms with Crippen LogP contribution in [0.1, 0.15) is 12.8 Å². The van der Waals surface area contributed by atoms with Gasteiger partial charge in [-0.15, -0.1) is 0 Å². The monoisotopic (exact) mass is 107 g/mol. The fourth-order valence-electron chi connectivity index (χ4n) is 2.37. The van der Waals surface area contributed by atoms with Gasteiger partial charge in [-0.2, -0.15) is 0 Å². The van der Waals surface area contributed by atoms with Crippen molar-refractivity contribution in [3.63, 3.8) is 0 Å². The molecule has 2 N–H and O–H groups in total. The summed E-state index contributed by atoms with van der Waals surface area (Å²) in [7, 11) is 0. The topological polar surface area (TPSA) is 26.0 Å². The van der Waals surface area contributed by atoms with E-state index in [9.17, 15) is 0 Å². The van der Waals surface area contributed by atoms with Crippen LogP contribution in [-0.4, -0.2) is 0 Å². The molecule has 0 radical (unpaired) electrons. The summed E-state index contributed by atoms with van der Waals surface area (Å²) in [6, 6.07) is 0. The molecule has 0 saturated heterocycles. The van der Waals surface area contributed by atoms with E-state index in [2.05, 4.69) is 0 Å². The molecular formula is C7H9N. The molecule has 0 aliphatic heterocycles. The lowest BCUT2D eigenvalue weighted by Gasteiger charge is -2.39. The molecule has 0 aromatic rings. The van der Waals surface area contributed by atoms with E-state index >= 15 is 0 Å². The third kappa shape index (κ3) is 0.175. The van der Waals surface area contributed by atoms with Crippen molar-refractivity contribution in [3.8, 4) is 0 Å². The van der Waals surface area contributed by atoms with Gasteiger partial charge in [0.1, 0.15) is 0 Å². The van der Waals surface area contributed by atoms with Gasteiger partial charge in [-0.3, -0.25) is 0 Å². The molecule has 8 heavy (non-hydrogen) atoms. The summed E-state index contributed by atoms with van der Waals surface area (Å²) in [5, 5.41) is 0. The molecule has 0 amide bonds. The van der Waals surface area contributed by atoms with Crippen LogP contribution < -0.4 is 5.73 Å². The Hall–Kier alpha value is -0.460. The third-order valence-corrected chi connectivity index (χ3v) is 2.97. The van der Waals surface area contributed by atoms with Crippen molar-refractivity contribution in [2.75, 3.05) is 0 Å². The van der Waals surface area contributed by atoms with Gasteiger partial charge in [0.25, 0.3) is 0 Å². The number of nitrogens with two attached hydrogens (primary N) is 1. The number of rotatable bonds is 0. The largest absolute Gasteiger partial charge is 0.402 e. The lowest BCUT2D eigenvalue weighted by Crippen LogP contribution is -2.34. The van der Waals surface area contributed by atoms with E-state index in [-0.39, 0.29) is 0 Å². The Kier molecular flexibility index (Phi) is 0.325. The SMILES string of the molecule is NC1=C2C(C1)C1CC21. The average Bonchev–Trinajstić information content (AvgIpc) is 2.33. The minimum absolute atomic E-state index is 0.986. The Bertz CT molecular complexity index is 193. The molecule has 0 bridgehead atoms. The first-order chi connectivity index (χ1) is 3.88. The van der Waals surface area contributed by atoms with Crippen molar-refractivity contribution in [2.45, 2.75) is 12.8 Å². The summed E-state index contributed by atoms with van der Waals surface area (Å²) >= 11 is 0. The first kappa shape index (κ1) is 3.54. The molecule has 2 saturated carbocycles. The molecule has 0 spiro atoms. The average molecular weight is 107 g/mol. The quantitative estimate of drug-likeness (QED) is 0.488. The van der Waals surface area contributed by atoms with Crippen molar-refractivity contribution in [1.29, 1.82) is 0 Å². The second-order valence-electron chi connectivity index (χ2n) is 3.30. The van der Waals surface area contributed by atoms with Gasteiger partial charge in [-0.1, -0.05) is 0 Å². The zero-order chi connectivity index (χ0) is 5.30. The van der Waals surface area contributed by atoms with Crippen molar-refractivity contribution in [2.24, 2.45) is 23.5 Å². The van der Waals surface area contributed by atoms with Crippen LogP contribution >= 0.6 is 0 Å². The fraction of sp³-hybridized carbons (Fsp3) is 0.714. The van der Waals surface area contributed by atoms with Crippen LogP contribution in [0.3, 0.4) is 0 Å². The van der Waals surface area contributed by atoms with Crippen molar-refractivity contribution in [3.05, 3.63) is 11.3 Å². The molecule has 3 unspecified atom stereocenters.